The van der Waals surface area contributed by atoms with Crippen molar-refractivity contribution in [2.75, 3.05) is 7.05 Å². The fraction of sp³-hybridized carbons (Fsp3) is 0.355. The van der Waals surface area contributed by atoms with Gasteiger partial charge in [0.2, 0.25) is 5.91 Å². The van der Waals surface area contributed by atoms with Gasteiger partial charge in [-0.25, -0.2) is 14.6 Å². The summed E-state index contributed by atoms with van der Waals surface area (Å²) >= 11 is 0. The molecule has 0 atom stereocenters. The summed E-state index contributed by atoms with van der Waals surface area (Å²) < 4.78 is 44.3. The number of halogens is 3. The van der Waals surface area contributed by atoms with E-state index in [1.807, 2.05) is 41.8 Å². The van der Waals surface area contributed by atoms with Gasteiger partial charge in [0.15, 0.2) is 0 Å². The molecule has 0 aliphatic heterocycles. The number of fused-ring (bicyclic) bond motifs is 1. The highest BCUT2D eigenvalue weighted by Gasteiger charge is 2.42. The molecule has 0 unspecified atom stereocenters. The first kappa shape index (κ1) is 29.1. The number of benzene rings is 2. The number of ether oxygens (including phenoxy) is 1. The maximum absolute atomic E-state index is 13.6. The summed E-state index contributed by atoms with van der Waals surface area (Å²) in [4.78, 5) is 46.5. The Labute approximate surface area is 240 Å². The number of amides is 1. The summed E-state index contributed by atoms with van der Waals surface area (Å²) in [5.41, 5.74) is 3.89. The molecule has 1 fully saturated rings. The Balaban J connectivity index is 1.63. The van der Waals surface area contributed by atoms with Gasteiger partial charge in [0.1, 0.15) is 12.4 Å². The van der Waals surface area contributed by atoms with Crippen molar-refractivity contribution in [1.29, 1.82) is 0 Å². The number of nitrogens with one attached hydrogen (secondary N) is 1. The molecule has 5 rings (SSSR count). The predicted octanol–water partition coefficient (Wildman–Crippen LogP) is 6.29. The van der Waals surface area contributed by atoms with Crippen LogP contribution in [0.25, 0.3) is 22.2 Å². The maximum atomic E-state index is 13.6. The van der Waals surface area contributed by atoms with Gasteiger partial charge in [-0.15, -0.1) is 0 Å². The highest BCUT2D eigenvalue weighted by Crippen LogP contribution is 2.44. The van der Waals surface area contributed by atoms with Gasteiger partial charge in [0.25, 0.3) is 0 Å². The second-order valence-electron chi connectivity index (χ2n) is 10.7. The van der Waals surface area contributed by atoms with Crippen molar-refractivity contribution in [2.45, 2.75) is 64.2 Å². The molecule has 8 nitrogen and oxygen atoms in total. The number of carbonyl (C=O) groups is 3. The monoisotopic (exact) mass is 580 g/mol. The molecule has 1 N–H and O–H groups in total. The normalized spacial score (nSPS) is 14.2. The predicted molar refractivity (Wildman–Crippen MR) is 149 cm³/mol. The molecule has 1 saturated carbocycles. The average Bonchev–Trinajstić information content (AvgIpc) is 3.53. The molecule has 1 aliphatic rings. The number of likely N-dealkylation sites (N-methyl/N-ethyl adjacent to an activating group) is 1. The van der Waals surface area contributed by atoms with Crippen LogP contribution in [0.4, 0.5) is 13.2 Å². The summed E-state index contributed by atoms with van der Waals surface area (Å²) in [6.45, 7) is 2.02. The van der Waals surface area contributed by atoms with Gasteiger partial charge >= 0.3 is 18.1 Å². The number of aryl methyl sites for hydroxylation is 1. The Hall–Kier alpha value is -4.41. The number of nitrogens with zero attached hydrogens (tertiary/aromatic N) is 3. The number of carbonyl (C=O) groups excluding carboxylic acids is 3. The molecule has 0 spiro atoms. The largest absolute Gasteiger partial charge is 0.491 e. The van der Waals surface area contributed by atoms with E-state index in [0.29, 0.717) is 11.3 Å². The van der Waals surface area contributed by atoms with Crippen molar-refractivity contribution in [3.63, 3.8) is 0 Å². The minimum atomic E-state index is -5.31. The number of esters is 2. The lowest BCUT2D eigenvalue weighted by atomic mass is 9.82. The molecular formula is C31H31F3N4O4. The summed E-state index contributed by atoms with van der Waals surface area (Å²) in [5.74, 6) is -3.40. The number of aromatic nitrogens is 3. The lowest BCUT2D eigenvalue weighted by Crippen LogP contribution is -2.30. The summed E-state index contributed by atoms with van der Waals surface area (Å²) in [5, 5.41) is 0.802. The standard InChI is InChI=1S/C31H31F3N4O4/c1-19-16-35-25(36-19)17-37(2)26(39)18-38-24-15-22(29(40)42-30(41)31(32,33)34)13-14-23(24)27(20-9-5-3-6-10-20)28(38)21-11-7-4-8-12-21/h4,7-8,11-16,20H,3,5-6,9-10,17-18H2,1-2H3,(H,35,36). The Bertz CT molecular complexity index is 1620. The van der Waals surface area contributed by atoms with Crippen molar-refractivity contribution >= 4 is 28.7 Å². The van der Waals surface area contributed by atoms with Gasteiger partial charge in [-0.2, -0.15) is 13.2 Å². The highest BCUT2D eigenvalue weighted by molar-refractivity contribution is 6.02. The van der Waals surface area contributed by atoms with Crippen molar-refractivity contribution < 1.29 is 32.3 Å². The molecule has 11 heteroatoms. The Morgan fingerprint density at radius 3 is 2.43 bits per heavy atom. The van der Waals surface area contributed by atoms with E-state index in [2.05, 4.69) is 14.7 Å². The van der Waals surface area contributed by atoms with Gasteiger partial charge in [-0.1, -0.05) is 55.7 Å². The van der Waals surface area contributed by atoms with Gasteiger partial charge in [0.05, 0.1) is 23.3 Å². The molecule has 0 radical (unpaired) electrons. The number of hydrogen-bond acceptors (Lipinski definition) is 5. The first-order valence-electron chi connectivity index (χ1n) is 13.8. The van der Waals surface area contributed by atoms with E-state index in [1.54, 1.807) is 24.2 Å². The first-order chi connectivity index (χ1) is 20.0. The zero-order valence-corrected chi connectivity index (χ0v) is 23.3. The van der Waals surface area contributed by atoms with E-state index < -0.39 is 18.1 Å². The third-order valence-corrected chi connectivity index (χ3v) is 7.68. The third-order valence-electron chi connectivity index (χ3n) is 7.68. The Kier molecular flexibility index (Phi) is 8.20. The van der Waals surface area contributed by atoms with E-state index in [-0.39, 0.29) is 30.5 Å². The number of imidazole rings is 1. The second-order valence-corrected chi connectivity index (χ2v) is 10.7. The highest BCUT2D eigenvalue weighted by atomic mass is 19.4. The molecule has 220 valence electrons. The molecule has 2 aromatic heterocycles. The van der Waals surface area contributed by atoms with E-state index >= 15 is 0 Å². The van der Waals surface area contributed by atoms with Crippen LogP contribution in [-0.4, -0.2) is 50.5 Å². The zero-order valence-electron chi connectivity index (χ0n) is 23.3. The smallest absolute Gasteiger partial charge is 0.383 e. The van der Waals surface area contributed by atoms with E-state index in [0.717, 1.165) is 60.0 Å². The SMILES string of the molecule is Cc1cnc(CN(C)C(=O)Cn2c(-c3ccccc3)c(C3CCCCC3)c3ccc(C(=O)OC(=O)C(F)(F)F)cc32)[nH]1. The van der Waals surface area contributed by atoms with Gasteiger partial charge in [-0.3, -0.25) is 4.79 Å². The number of aromatic amines is 1. The Morgan fingerprint density at radius 2 is 1.79 bits per heavy atom. The molecule has 2 heterocycles. The van der Waals surface area contributed by atoms with Crippen molar-refractivity contribution in [1.82, 2.24) is 19.4 Å². The van der Waals surface area contributed by atoms with Crippen LogP contribution in [0.15, 0.2) is 54.7 Å². The lowest BCUT2D eigenvalue weighted by molar-refractivity contribution is -0.193. The molecule has 4 aromatic rings. The topological polar surface area (TPSA) is 97.3 Å². The van der Waals surface area contributed by atoms with Gasteiger partial charge in [0, 0.05) is 24.3 Å². The number of alkyl halides is 3. The van der Waals surface area contributed by atoms with Crippen LogP contribution < -0.4 is 0 Å². The van der Waals surface area contributed by atoms with Crippen molar-refractivity contribution in [2.24, 2.45) is 0 Å². The van der Waals surface area contributed by atoms with Crippen molar-refractivity contribution in [3.05, 3.63) is 77.4 Å². The zero-order chi connectivity index (χ0) is 30.0. The van der Waals surface area contributed by atoms with Crippen molar-refractivity contribution in [3.8, 4) is 11.3 Å². The number of rotatable bonds is 7. The van der Waals surface area contributed by atoms with Gasteiger partial charge in [-0.05, 0) is 48.9 Å². The molecule has 42 heavy (non-hydrogen) atoms. The van der Waals surface area contributed by atoms with Gasteiger partial charge < -0.3 is 19.2 Å². The fourth-order valence-corrected chi connectivity index (χ4v) is 5.70. The maximum Gasteiger partial charge on any atom is 0.491 e. The summed E-state index contributed by atoms with van der Waals surface area (Å²) in [6.07, 6.45) is 1.52. The van der Waals surface area contributed by atoms with Crippen LogP contribution in [0.2, 0.25) is 0 Å². The average molecular weight is 581 g/mol. The fourth-order valence-electron chi connectivity index (χ4n) is 5.70. The van der Waals surface area contributed by atoms with Crippen LogP contribution in [0, 0.1) is 6.92 Å². The van der Waals surface area contributed by atoms with E-state index in [1.165, 1.54) is 12.1 Å². The molecule has 1 amide bonds. The second kappa shape index (κ2) is 11.8. The number of hydrogen-bond donors (Lipinski definition) is 1. The van der Waals surface area contributed by atoms with Crippen LogP contribution in [0.3, 0.4) is 0 Å². The number of H-pyrrole nitrogens is 1. The van der Waals surface area contributed by atoms with Crippen LogP contribution >= 0.6 is 0 Å². The molecule has 0 bridgehead atoms. The van der Waals surface area contributed by atoms with E-state index in [9.17, 15) is 27.6 Å². The van der Waals surface area contributed by atoms with Crippen LogP contribution in [-0.2, 0) is 27.4 Å². The quantitative estimate of drug-likeness (QED) is 0.205. The van der Waals surface area contributed by atoms with Crippen LogP contribution in [0.1, 0.15) is 65.5 Å². The van der Waals surface area contributed by atoms with E-state index in [4.69, 9.17) is 0 Å². The molecule has 2 aromatic carbocycles. The summed E-state index contributed by atoms with van der Waals surface area (Å²) in [7, 11) is 1.67. The lowest BCUT2D eigenvalue weighted by Gasteiger charge is -2.24. The molecular weight excluding hydrogens is 549 g/mol. The summed E-state index contributed by atoms with van der Waals surface area (Å²) in [6, 6.07) is 14.1. The third kappa shape index (κ3) is 6.09. The first-order valence-corrected chi connectivity index (χ1v) is 13.8. The minimum Gasteiger partial charge on any atom is -0.383 e. The molecule has 1 aliphatic carbocycles. The van der Waals surface area contributed by atoms with Crippen LogP contribution in [0.5, 0.6) is 0 Å². The Morgan fingerprint density at radius 1 is 1.07 bits per heavy atom. The molecule has 0 saturated heterocycles. The minimum absolute atomic E-state index is 0.0936.